The van der Waals surface area contributed by atoms with Crippen molar-refractivity contribution in [3.8, 4) is 17.2 Å². The molecule has 0 aromatic heterocycles. The molecule has 3 aromatic carbocycles. The molecule has 0 radical (unpaired) electrons. The number of rotatable bonds is 12. The third-order valence-corrected chi connectivity index (χ3v) is 6.33. The number of nitrogens with one attached hydrogen (secondary N) is 2. The molecule has 1 aliphatic rings. The van der Waals surface area contributed by atoms with Crippen LogP contribution in [0, 0.1) is 0 Å². The normalized spacial score (nSPS) is 14.4. The maximum absolute atomic E-state index is 13.0. The van der Waals surface area contributed by atoms with Crippen molar-refractivity contribution in [2.45, 2.75) is 12.5 Å². The molecule has 1 saturated heterocycles. The average Bonchev–Trinajstić information content (AvgIpc) is 3.00. The fourth-order valence-electron chi connectivity index (χ4n) is 4.01. The monoisotopic (exact) mass is 577 g/mol. The van der Waals surface area contributed by atoms with Crippen molar-refractivity contribution >= 4 is 35.1 Å². The van der Waals surface area contributed by atoms with Crippen LogP contribution >= 0.6 is 12.2 Å². The highest BCUT2D eigenvalue weighted by molar-refractivity contribution is 7.80. The van der Waals surface area contributed by atoms with Gasteiger partial charge in [-0.25, -0.2) is 0 Å². The fraction of sp³-hybridized carbons (Fsp3) is 0.267. The largest absolute Gasteiger partial charge is 0.490 e. The number of amides is 2. The molecule has 4 rings (SSSR count). The number of piperazine rings is 1. The summed E-state index contributed by atoms with van der Waals surface area (Å²) in [5, 5.41) is 5.43. The zero-order valence-electron chi connectivity index (χ0n) is 22.3. The van der Waals surface area contributed by atoms with Gasteiger partial charge >= 0.3 is 5.97 Å². The lowest BCUT2D eigenvalue weighted by Crippen LogP contribution is -2.60. The Morgan fingerprint density at radius 2 is 1.41 bits per heavy atom. The Labute approximate surface area is 243 Å². The van der Waals surface area contributed by atoms with Gasteiger partial charge in [-0.3, -0.25) is 19.7 Å². The molecule has 0 aliphatic carbocycles. The third-order valence-electron chi connectivity index (χ3n) is 5.99. The van der Waals surface area contributed by atoms with Gasteiger partial charge in [-0.1, -0.05) is 42.5 Å². The Bertz CT molecular complexity index is 1320. The number of carbonyl (C=O) groups is 3. The van der Waals surface area contributed by atoms with Crippen LogP contribution < -0.4 is 24.8 Å². The van der Waals surface area contributed by atoms with Gasteiger partial charge in [0.1, 0.15) is 49.7 Å². The molecule has 2 N–H and O–H groups in total. The minimum atomic E-state index is -0.918. The summed E-state index contributed by atoms with van der Waals surface area (Å²) in [6.45, 7) is 1.47. The first-order valence-electron chi connectivity index (χ1n) is 13.1. The van der Waals surface area contributed by atoms with E-state index < -0.39 is 17.9 Å². The molecule has 0 saturated carbocycles. The highest BCUT2D eigenvalue weighted by Gasteiger charge is 2.34. The molecule has 1 unspecified atom stereocenters. The van der Waals surface area contributed by atoms with Crippen LogP contribution in [0.3, 0.4) is 0 Å². The van der Waals surface area contributed by atoms with Crippen LogP contribution in [0.1, 0.15) is 16.8 Å². The second-order valence-electron chi connectivity index (χ2n) is 8.88. The van der Waals surface area contributed by atoms with Crippen LogP contribution in [-0.2, 0) is 14.3 Å². The average molecular weight is 578 g/mol. The lowest BCUT2D eigenvalue weighted by molar-refractivity contribution is -0.148. The Hall–Kier alpha value is -4.64. The van der Waals surface area contributed by atoms with Crippen molar-refractivity contribution in [3.63, 3.8) is 0 Å². The van der Waals surface area contributed by atoms with Crippen molar-refractivity contribution in [2.75, 3.05) is 39.5 Å². The summed E-state index contributed by atoms with van der Waals surface area (Å²) in [4.78, 5) is 39.5. The topological polar surface area (TPSA) is 115 Å². The third kappa shape index (κ3) is 9.21. The van der Waals surface area contributed by atoms with Crippen LogP contribution in [0.15, 0.2) is 84.9 Å². The van der Waals surface area contributed by atoms with E-state index in [1.165, 1.54) is 4.90 Å². The zero-order valence-corrected chi connectivity index (χ0v) is 23.1. The lowest BCUT2D eigenvalue weighted by Gasteiger charge is -2.36. The van der Waals surface area contributed by atoms with E-state index in [2.05, 4.69) is 10.6 Å². The summed E-state index contributed by atoms with van der Waals surface area (Å²) < 4.78 is 22.1. The summed E-state index contributed by atoms with van der Waals surface area (Å²) in [7, 11) is 0. The Balaban J connectivity index is 1.25. The van der Waals surface area contributed by atoms with Gasteiger partial charge in [-0.15, -0.1) is 0 Å². The molecule has 1 aliphatic heterocycles. The number of carbonyl (C=O) groups excluding carboxylic acids is 3. The van der Waals surface area contributed by atoms with E-state index in [1.54, 1.807) is 36.4 Å². The number of esters is 1. The molecular formula is C30H31N3O7S. The van der Waals surface area contributed by atoms with Crippen molar-refractivity contribution in [2.24, 2.45) is 0 Å². The first kappa shape index (κ1) is 29.3. The summed E-state index contributed by atoms with van der Waals surface area (Å²) in [6.07, 6.45) is -0.235. The number of benzene rings is 3. The van der Waals surface area contributed by atoms with Crippen molar-refractivity contribution < 1.29 is 33.3 Å². The van der Waals surface area contributed by atoms with Crippen LogP contribution in [0.4, 0.5) is 0 Å². The zero-order chi connectivity index (χ0) is 28.9. The number of nitrogens with zero attached hydrogens (tertiary/aromatic N) is 1. The van der Waals surface area contributed by atoms with Gasteiger partial charge in [0.15, 0.2) is 5.11 Å². The maximum atomic E-state index is 13.0. The minimum absolute atomic E-state index is 0.0278. The molecule has 3 aromatic rings. The maximum Gasteiger partial charge on any atom is 0.308 e. The summed E-state index contributed by atoms with van der Waals surface area (Å²) >= 11 is 5.45. The van der Waals surface area contributed by atoms with E-state index in [4.69, 9.17) is 31.2 Å². The van der Waals surface area contributed by atoms with Gasteiger partial charge in [0.05, 0.1) is 6.42 Å². The van der Waals surface area contributed by atoms with Crippen molar-refractivity contribution in [3.05, 3.63) is 90.5 Å². The molecule has 41 heavy (non-hydrogen) atoms. The molecule has 10 nitrogen and oxygen atoms in total. The standard InChI is InChI=1S/C30H31N3O7S/c34-27(40-19-18-38-24-11-5-2-6-12-24)21-26-29(36)31-14-15-33(26)30(41)32-28(35)22-8-7-13-25(20-22)39-17-16-37-23-9-3-1-4-10-23/h1-13,20,26H,14-19,21H2,(H,31,36)(H,32,35,41). The summed E-state index contributed by atoms with van der Waals surface area (Å²) in [5.41, 5.74) is 0.324. The number of hydrogen-bond acceptors (Lipinski definition) is 8. The first-order chi connectivity index (χ1) is 20.0. The van der Waals surface area contributed by atoms with Crippen LogP contribution in [0.25, 0.3) is 0 Å². The van der Waals surface area contributed by atoms with E-state index in [0.29, 0.717) is 36.8 Å². The quantitative estimate of drug-likeness (QED) is 0.190. The van der Waals surface area contributed by atoms with Crippen molar-refractivity contribution in [1.29, 1.82) is 0 Å². The molecule has 0 bridgehead atoms. The SMILES string of the molecule is O=C(CC1C(=O)NCCN1C(=S)NC(=O)c1cccc(OCCOc2ccccc2)c1)OCCOc1ccccc1. The number of para-hydroxylation sites is 2. The minimum Gasteiger partial charge on any atom is -0.490 e. The number of hydrogen-bond donors (Lipinski definition) is 2. The first-order valence-corrected chi connectivity index (χ1v) is 13.5. The van der Waals surface area contributed by atoms with Gasteiger partial charge in [0.2, 0.25) is 5.91 Å². The van der Waals surface area contributed by atoms with E-state index in [1.807, 2.05) is 48.5 Å². The predicted octanol–water partition coefficient (Wildman–Crippen LogP) is 2.97. The molecule has 0 spiro atoms. The highest BCUT2D eigenvalue weighted by atomic mass is 32.1. The molecule has 1 heterocycles. The number of ether oxygens (including phenoxy) is 4. The predicted molar refractivity (Wildman–Crippen MR) is 155 cm³/mol. The van der Waals surface area contributed by atoms with Gasteiger partial charge in [0.25, 0.3) is 5.91 Å². The van der Waals surface area contributed by atoms with Crippen molar-refractivity contribution in [1.82, 2.24) is 15.5 Å². The highest BCUT2D eigenvalue weighted by Crippen LogP contribution is 2.16. The second-order valence-corrected chi connectivity index (χ2v) is 9.27. The van der Waals surface area contributed by atoms with E-state index in [0.717, 1.165) is 5.75 Å². The smallest absolute Gasteiger partial charge is 0.308 e. The van der Waals surface area contributed by atoms with Gasteiger partial charge in [-0.05, 0) is 54.7 Å². The van der Waals surface area contributed by atoms with E-state index >= 15 is 0 Å². The molecule has 2 amide bonds. The van der Waals surface area contributed by atoms with Gasteiger partial charge < -0.3 is 29.2 Å². The lowest BCUT2D eigenvalue weighted by atomic mass is 10.1. The summed E-state index contributed by atoms with van der Waals surface area (Å²) in [6, 6.07) is 24.3. The van der Waals surface area contributed by atoms with Crippen LogP contribution in [0.2, 0.25) is 0 Å². The van der Waals surface area contributed by atoms with Gasteiger partial charge in [0, 0.05) is 18.7 Å². The second kappa shape index (κ2) is 15.2. The van der Waals surface area contributed by atoms with E-state index in [9.17, 15) is 14.4 Å². The van der Waals surface area contributed by atoms with Crippen LogP contribution in [-0.4, -0.2) is 73.4 Å². The van der Waals surface area contributed by atoms with Crippen LogP contribution in [0.5, 0.6) is 17.2 Å². The Kier molecular flexibility index (Phi) is 10.9. The molecule has 214 valence electrons. The molecule has 1 atom stereocenters. The Morgan fingerprint density at radius 1 is 0.829 bits per heavy atom. The Morgan fingerprint density at radius 3 is 2.07 bits per heavy atom. The molecule has 1 fully saturated rings. The van der Waals surface area contributed by atoms with E-state index in [-0.39, 0.29) is 37.3 Å². The number of thiocarbonyl (C=S) groups is 1. The molecule has 11 heteroatoms. The van der Waals surface area contributed by atoms with Gasteiger partial charge in [-0.2, -0.15) is 0 Å². The fourth-order valence-corrected chi connectivity index (χ4v) is 4.32. The molecular weight excluding hydrogens is 546 g/mol. The summed E-state index contributed by atoms with van der Waals surface area (Å²) in [5.74, 6) is 0.479.